The van der Waals surface area contributed by atoms with Gasteiger partial charge >= 0.3 is 12.0 Å². The number of fused-ring (bicyclic) bond motifs is 1. The van der Waals surface area contributed by atoms with Crippen LogP contribution >= 0.6 is 0 Å². The summed E-state index contributed by atoms with van der Waals surface area (Å²) in [6, 6.07) is 3.71. The summed E-state index contributed by atoms with van der Waals surface area (Å²) in [5.41, 5.74) is 8.15. The lowest BCUT2D eigenvalue weighted by Crippen LogP contribution is -2.07. The van der Waals surface area contributed by atoms with Gasteiger partial charge < -0.3 is 19.8 Å². The Morgan fingerprint density at radius 3 is 2.92 bits per heavy atom. The molecule has 3 aromatic heterocycles. The first-order valence-electron chi connectivity index (χ1n) is 8.26. The normalized spacial score (nSPS) is 10.8. The van der Waals surface area contributed by atoms with Crippen LogP contribution in [-0.2, 0) is 11.3 Å². The number of methoxy groups -OCH3 is 1. The van der Waals surface area contributed by atoms with Crippen molar-refractivity contribution in [1.29, 1.82) is 0 Å². The third-order valence-corrected chi connectivity index (χ3v) is 3.77. The molecule has 0 radical (unpaired) electrons. The molecule has 0 amide bonds. The summed E-state index contributed by atoms with van der Waals surface area (Å²) in [7, 11) is 1.32. The number of rotatable bonds is 7. The second-order valence-corrected chi connectivity index (χ2v) is 5.68. The maximum Gasteiger partial charge on any atom is 0.356 e. The molecule has 0 saturated heterocycles. The van der Waals surface area contributed by atoms with Gasteiger partial charge in [0.15, 0.2) is 17.0 Å². The van der Waals surface area contributed by atoms with Crippen molar-refractivity contribution < 1.29 is 14.3 Å². The molecular weight excluding hydrogens is 336 g/mol. The smallest absolute Gasteiger partial charge is 0.356 e. The zero-order valence-corrected chi connectivity index (χ0v) is 14.7. The van der Waals surface area contributed by atoms with Gasteiger partial charge in [0.1, 0.15) is 5.69 Å². The van der Waals surface area contributed by atoms with Gasteiger partial charge in [-0.15, -0.1) is 0 Å². The number of nitrogens with two attached hydrogens (primary N) is 1. The van der Waals surface area contributed by atoms with E-state index in [2.05, 4.69) is 26.9 Å². The van der Waals surface area contributed by atoms with Gasteiger partial charge in [-0.3, -0.25) is 0 Å². The first-order valence-corrected chi connectivity index (χ1v) is 8.26. The fraction of sp³-hybridized carbons (Fsp3) is 0.353. The van der Waals surface area contributed by atoms with Crippen LogP contribution in [0.15, 0.2) is 24.7 Å². The zero-order valence-electron chi connectivity index (χ0n) is 14.7. The number of nitrogen functional groups attached to an aromatic ring is 1. The number of anilines is 1. The quantitative estimate of drug-likeness (QED) is 0.503. The van der Waals surface area contributed by atoms with E-state index in [1.54, 1.807) is 18.6 Å². The Labute approximate surface area is 150 Å². The predicted octanol–water partition coefficient (Wildman–Crippen LogP) is 1.82. The SMILES string of the molecule is CCCCOc1nc(N)c2ncn(Cc3ccnc(C(=O)OC)c3)c2n1. The van der Waals surface area contributed by atoms with Gasteiger partial charge in [0.05, 0.1) is 26.6 Å². The minimum atomic E-state index is -0.486. The van der Waals surface area contributed by atoms with Gasteiger partial charge in [-0.25, -0.2) is 14.8 Å². The molecule has 0 unspecified atom stereocenters. The number of esters is 1. The molecule has 0 aromatic carbocycles. The van der Waals surface area contributed by atoms with Crippen molar-refractivity contribution in [2.24, 2.45) is 0 Å². The Morgan fingerprint density at radius 1 is 1.31 bits per heavy atom. The highest BCUT2D eigenvalue weighted by Gasteiger charge is 2.13. The van der Waals surface area contributed by atoms with E-state index in [9.17, 15) is 4.79 Å². The van der Waals surface area contributed by atoms with Crippen LogP contribution < -0.4 is 10.5 Å². The Balaban J connectivity index is 1.89. The lowest BCUT2D eigenvalue weighted by atomic mass is 10.2. The molecule has 0 aliphatic carbocycles. The van der Waals surface area contributed by atoms with Crippen LogP contribution in [0.25, 0.3) is 11.2 Å². The van der Waals surface area contributed by atoms with Crippen molar-refractivity contribution >= 4 is 23.0 Å². The molecule has 9 heteroatoms. The fourth-order valence-corrected chi connectivity index (χ4v) is 2.42. The average molecular weight is 356 g/mol. The van der Waals surface area contributed by atoms with Crippen LogP contribution in [0.3, 0.4) is 0 Å². The first kappa shape index (κ1) is 17.6. The number of hydrogen-bond donors (Lipinski definition) is 1. The number of nitrogens with zero attached hydrogens (tertiary/aromatic N) is 5. The fourth-order valence-electron chi connectivity index (χ4n) is 2.42. The molecule has 3 heterocycles. The molecule has 136 valence electrons. The number of imidazole rings is 1. The summed E-state index contributed by atoms with van der Waals surface area (Å²) in [5.74, 6) is -0.217. The van der Waals surface area contributed by atoms with Crippen LogP contribution in [0.5, 0.6) is 6.01 Å². The van der Waals surface area contributed by atoms with Gasteiger partial charge in [-0.05, 0) is 24.1 Å². The Morgan fingerprint density at radius 2 is 2.15 bits per heavy atom. The molecule has 0 fully saturated rings. The third kappa shape index (κ3) is 3.71. The highest BCUT2D eigenvalue weighted by molar-refractivity contribution is 5.87. The zero-order chi connectivity index (χ0) is 18.5. The lowest BCUT2D eigenvalue weighted by Gasteiger charge is -2.07. The monoisotopic (exact) mass is 356 g/mol. The van der Waals surface area contributed by atoms with Crippen LogP contribution in [0.1, 0.15) is 35.8 Å². The maximum atomic E-state index is 11.6. The Kier molecular flexibility index (Phi) is 5.26. The molecule has 0 aliphatic rings. The van der Waals surface area contributed by atoms with Crippen LogP contribution in [0.4, 0.5) is 5.82 Å². The number of carbonyl (C=O) groups excluding carboxylic acids is 1. The molecule has 0 aliphatic heterocycles. The average Bonchev–Trinajstić information content (AvgIpc) is 3.05. The number of unbranched alkanes of at least 4 members (excludes halogenated alkanes) is 1. The molecule has 0 spiro atoms. The van der Waals surface area contributed by atoms with E-state index in [4.69, 9.17) is 15.2 Å². The molecule has 0 saturated carbocycles. The predicted molar refractivity (Wildman–Crippen MR) is 94.8 cm³/mol. The highest BCUT2D eigenvalue weighted by Crippen LogP contribution is 2.20. The van der Waals surface area contributed by atoms with Crippen molar-refractivity contribution in [3.8, 4) is 6.01 Å². The highest BCUT2D eigenvalue weighted by atomic mass is 16.5. The molecule has 0 bridgehead atoms. The Bertz CT molecular complexity index is 924. The summed E-state index contributed by atoms with van der Waals surface area (Å²) < 4.78 is 12.1. The molecule has 2 N–H and O–H groups in total. The molecule has 3 aromatic rings. The largest absolute Gasteiger partial charge is 0.464 e. The van der Waals surface area contributed by atoms with Gasteiger partial charge in [-0.2, -0.15) is 9.97 Å². The Hall–Kier alpha value is -3.23. The maximum absolute atomic E-state index is 11.6. The molecule has 26 heavy (non-hydrogen) atoms. The van der Waals surface area contributed by atoms with E-state index in [1.165, 1.54) is 7.11 Å². The second kappa shape index (κ2) is 7.77. The van der Waals surface area contributed by atoms with Gasteiger partial charge in [-0.1, -0.05) is 13.3 Å². The molecule has 9 nitrogen and oxygen atoms in total. The number of carbonyl (C=O) groups is 1. The van der Waals surface area contributed by atoms with Crippen molar-refractivity contribution in [1.82, 2.24) is 24.5 Å². The van der Waals surface area contributed by atoms with Crippen LogP contribution in [0, 0.1) is 0 Å². The summed E-state index contributed by atoms with van der Waals surface area (Å²) >= 11 is 0. The lowest BCUT2D eigenvalue weighted by molar-refractivity contribution is 0.0594. The molecular formula is C17H20N6O3. The standard InChI is InChI=1S/C17H20N6O3/c1-3-4-7-26-17-21-14(18)13-15(22-17)23(10-20-13)9-11-5-6-19-12(8-11)16(24)25-2/h5-6,8,10H,3-4,7,9H2,1-2H3,(H2,18,21,22). The number of ether oxygens (including phenoxy) is 2. The summed E-state index contributed by atoms with van der Waals surface area (Å²) in [5, 5.41) is 0. The van der Waals surface area contributed by atoms with Crippen LogP contribution in [-0.4, -0.2) is 44.2 Å². The van der Waals surface area contributed by atoms with Gasteiger partial charge in [0, 0.05) is 6.20 Å². The van der Waals surface area contributed by atoms with E-state index in [-0.39, 0.29) is 17.5 Å². The molecule has 3 rings (SSSR count). The van der Waals surface area contributed by atoms with E-state index < -0.39 is 5.97 Å². The summed E-state index contributed by atoms with van der Waals surface area (Å²) in [6.45, 7) is 3.05. The first-order chi connectivity index (χ1) is 12.6. The van der Waals surface area contributed by atoms with Crippen molar-refractivity contribution in [3.63, 3.8) is 0 Å². The summed E-state index contributed by atoms with van der Waals surface area (Å²) in [4.78, 5) is 28.5. The number of pyridine rings is 1. The third-order valence-electron chi connectivity index (χ3n) is 3.77. The number of aromatic nitrogens is 5. The van der Waals surface area contributed by atoms with Gasteiger partial charge in [0.2, 0.25) is 0 Å². The minimum Gasteiger partial charge on any atom is -0.464 e. The van der Waals surface area contributed by atoms with E-state index in [1.807, 2.05) is 10.6 Å². The minimum absolute atomic E-state index is 0.232. The van der Waals surface area contributed by atoms with Crippen molar-refractivity contribution in [2.45, 2.75) is 26.3 Å². The van der Waals surface area contributed by atoms with Crippen molar-refractivity contribution in [3.05, 3.63) is 35.9 Å². The van der Waals surface area contributed by atoms with E-state index in [0.29, 0.717) is 24.3 Å². The van der Waals surface area contributed by atoms with E-state index in [0.717, 1.165) is 18.4 Å². The molecule has 0 atom stereocenters. The van der Waals surface area contributed by atoms with E-state index >= 15 is 0 Å². The summed E-state index contributed by atoms with van der Waals surface area (Å²) in [6.07, 6.45) is 5.11. The van der Waals surface area contributed by atoms with Crippen molar-refractivity contribution in [2.75, 3.05) is 19.5 Å². The number of hydrogen-bond acceptors (Lipinski definition) is 8. The topological polar surface area (TPSA) is 118 Å². The van der Waals surface area contributed by atoms with Crippen LogP contribution in [0.2, 0.25) is 0 Å². The van der Waals surface area contributed by atoms with Gasteiger partial charge in [0.25, 0.3) is 0 Å². The second-order valence-electron chi connectivity index (χ2n) is 5.68.